The molecular weight excluding hydrogens is 268 g/mol. The van der Waals surface area contributed by atoms with Crippen LogP contribution < -0.4 is 0 Å². The molecule has 0 N–H and O–H groups in total. The number of nitrogens with zero attached hydrogens (tertiary/aromatic N) is 2. The van der Waals surface area contributed by atoms with E-state index in [0.29, 0.717) is 5.92 Å². The first-order valence-electron chi connectivity index (χ1n) is 7.75. The van der Waals surface area contributed by atoms with Crippen molar-refractivity contribution in [1.82, 2.24) is 9.55 Å². The number of hydrogen-bond donors (Lipinski definition) is 0. The Morgan fingerprint density at radius 1 is 0.818 bits per heavy atom. The molecule has 0 saturated heterocycles. The van der Waals surface area contributed by atoms with Crippen LogP contribution >= 0.6 is 0 Å². The van der Waals surface area contributed by atoms with E-state index in [4.69, 9.17) is 0 Å². The van der Waals surface area contributed by atoms with E-state index >= 15 is 0 Å². The van der Waals surface area contributed by atoms with Gasteiger partial charge in [0.05, 0.1) is 11.9 Å². The van der Waals surface area contributed by atoms with Crippen LogP contribution in [0.2, 0.25) is 0 Å². The Hall–Kier alpha value is -2.35. The monoisotopic (exact) mass is 290 g/mol. The number of aryl methyl sites for hydroxylation is 1. The molecule has 0 bridgehead atoms. The van der Waals surface area contributed by atoms with E-state index in [0.717, 1.165) is 11.5 Å². The van der Waals surface area contributed by atoms with Crippen molar-refractivity contribution < 1.29 is 0 Å². The van der Waals surface area contributed by atoms with Gasteiger partial charge in [-0.15, -0.1) is 0 Å². The highest BCUT2D eigenvalue weighted by atomic mass is 15.0. The average molecular weight is 290 g/mol. The van der Waals surface area contributed by atoms with E-state index in [9.17, 15) is 0 Å². The Bertz CT molecular complexity index is 762. The second kappa shape index (κ2) is 5.80. The number of benzene rings is 2. The minimum absolute atomic E-state index is 0.574. The van der Waals surface area contributed by atoms with Gasteiger partial charge in [-0.1, -0.05) is 62.4 Å². The molecule has 0 atom stereocenters. The second-order valence-electron chi connectivity index (χ2n) is 6.10. The zero-order chi connectivity index (χ0) is 15.7. The third-order valence-electron chi connectivity index (χ3n) is 4.31. The van der Waals surface area contributed by atoms with Crippen molar-refractivity contribution in [3.63, 3.8) is 0 Å². The lowest BCUT2D eigenvalue weighted by atomic mass is 9.98. The number of imidazole rings is 1. The van der Waals surface area contributed by atoms with E-state index in [1.165, 1.54) is 22.3 Å². The Morgan fingerprint density at radius 2 is 1.32 bits per heavy atom. The van der Waals surface area contributed by atoms with Gasteiger partial charge in [0.1, 0.15) is 5.82 Å². The van der Waals surface area contributed by atoms with Crippen LogP contribution in [0.3, 0.4) is 0 Å². The van der Waals surface area contributed by atoms with Gasteiger partial charge >= 0.3 is 0 Å². The zero-order valence-corrected chi connectivity index (χ0v) is 13.7. The molecule has 1 heterocycles. The number of rotatable bonds is 3. The van der Waals surface area contributed by atoms with Crippen molar-refractivity contribution in [3.05, 3.63) is 66.1 Å². The molecule has 2 heteroatoms. The van der Waals surface area contributed by atoms with Gasteiger partial charge in [0, 0.05) is 7.05 Å². The summed E-state index contributed by atoms with van der Waals surface area (Å²) in [7, 11) is 2.05. The molecule has 0 aliphatic heterocycles. The Labute approximate surface area is 132 Å². The highest BCUT2D eigenvalue weighted by Crippen LogP contribution is 2.26. The van der Waals surface area contributed by atoms with Crippen LogP contribution in [0.1, 0.15) is 31.2 Å². The fraction of sp³-hybridized carbons (Fsp3) is 0.250. The van der Waals surface area contributed by atoms with Gasteiger partial charge in [-0.05, 0) is 35.1 Å². The minimum Gasteiger partial charge on any atom is -0.331 e. The van der Waals surface area contributed by atoms with Crippen LogP contribution in [0.5, 0.6) is 0 Å². The third kappa shape index (κ3) is 2.69. The first kappa shape index (κ1) is 14.6. The molecule has 0 unspecified atom stereocenters. The van der Waals surface area contributed by atoms with Crippen LogP contribution in [0.15, 0.2) is 54.7 Å². The lowest BCUT2D eigenvalue weighted by molar-refractivity contribution is 0.865. The molecule has 0 spiro atoms. The van der Waals surface area contributed by atoms with E-state index in [1.807, 2.05) is 13.1 Å². The van der Waals surface area contributed by atoms with Crippen LogP contribution in [0.4, 0.5) is 0 Å². The number of hydrogen-bond acceptors (Lipinski definition) is 1. The van der Waals surface area contributed by atoms with Gasteiger partial charge in [0.15, 0.2) is 0 Å². The number of aromatic nitrogens is 2. The molecular formula is C20H22N2. The lowest BCUT2D eigenvalue weighted by Crippen LogP contribution is -1.94. The molecule has 0 aliphatic carbocycles. The Morgan fingerprint density at radius 3 is 1.77 bits per heavy atom. The summed E-state index contributed by atoms with van der Waals surface area (Å²) in [5.41, 5.74) is 6.24. The van der Waals surface area contributed by atoms with Crippen LogP contribution in [-0.4, -0.2) is 9.55 Å². The molecule has 0 radical (unpaired) electrons. The molecule has 0 saturated carbocycles. The van der Waals surface area contributed by atoms with Gasteiger partial charge in [-0.2, -0.15) is 0 Å². The molecule has 2 nitrogen and oxygen atoms in total. The quantitative estimate of drug-likeness (QED) is 0.649. The average Bonchev–Trinajstić information content (AvgIpc) is 2.87. The van der Waals surface area contributed by atoms with E-state index in [1.54, 1.807) is 0 Å². The Balaban J connectivity index is 1.89. The Kier molecular flexibility index (Phi) is 3.84. The fourth-order valence-electron chi connectivity index (χ4n) is 2.66. The minimum atomic E-state index is 0.574. The first-order valence-corrected chi connectivity index (χ1v) is 7.75. The molecule has 0 amide bonds. The summed E-state index contributed by atoms with van der Waals surface area (Å²) in [5.74, 6) is 1.60. The normalized spacial score (nSPS) is 11.1. The van der Waals surface area contributed by atoms with Gasteiger partial charge in [-0.25, -0.2) is 4.98 Å². The molecule has 112 valence electrons. The van der Waals surface area contributed by atoms with Crippen LogP contribution in [0, 0.1) is 6.92 Å². The van der Waals surface area contributed by atoms with Crippen molar-refractivity contribution >= 4 is 0 Å². The van der Waals surface area contributed by atoms with Crippen molar-refractivity contribution in [3.8, 4) is 22.4 Å². The van der Waals surface area contributed by atoms with E-state index < -0.39 is 0 Å². The summed E-state index contributed by atoms with van der Waals surface area (Å²) in [6.07, 6.45) is 1.93. The van der Waals surface area contributed by atoms with Crippen molar-refractivity contribution in [2.24, 2.45) is 7.05 Å². The van der Waals surface area contributed by atoms with Gasteiger partial charge < -0.3 is 4.57 Å². The van der Waals surface area contributed by atoms with Gasteiger partial charge in [-0.3, -0.25) is 0 Å². The second-order valence-corrected chi connectivity index (χ2v) is 6.10. The third-order valence-corrected chi connectivity index (χ3v) is 4.31. The molecule has 2 aromatic carbocycles. The highest BCUT2D eigenvalue weighted by molar-refractivity contribution is 5.69. The van der Waals surface area contributed by atoms with Crippen molar-refractivity contribution in [2.45, 2.75) is 26.7 Å². The van der Waals surface area contributed by atoms with Crippen molar-refractivity contribution in [1.29, 1.82) is 0 Å². The summed E-state index contributed by atoms with van der Waals surface area (Å²) in [6.45, 7) is 6.47. The summed E-state index contributed by atoms with van der Waals surface area (Å²) in [5, 5.41) is 0. The lowest BCUT2D eigenvalue weighted by Gasteiger charge is -2.08. The predicted octanol–water partition coefficient (Wildman–Crippen LogP) is 5.19. The first-order chi connectivity index (χ1) is 10.6. The van der Waals surface area contributed by atoms with E-state index in [2.05, 4.69) is 79.0 Å². The fourth-order valence-corrected chi connectivity index (χ4v) is 2.66. The molecule has 0 fully saturated rings. The van der Waals surface area contributed by atoms with Crippen LogP contribution in [0.25, 0.3) is 22.4 Å². The SMILES string of the molecule is Cc1ncc(-c2ccc(-c3ccc(C(C)C)cc3)cc2)n1C. The largest absolute Gasteiger partial charge is 0.331 e. The molecule has 0 aliphatic rings. The summed E-state index contributed by atoms with van der Waals surface area (Å²) >= 11 is 0. The van der Waals surface area contributed by atoms with Crippen molar-refractivity contribution in [2.75, 3.05) is 0 Å². The molecule has 22 heavy (non-hydrogen) atoms. The summed E-state index contributed by atoms with van der Waals surface area (Å²) < 4.78 is 2.12. The predicted molar refractivity (Wildman–Crippen MR) is 92.9 cm³/mol. The maximum Gasteiger partial charge on any atom is 0.105 e. The summed E-state index contributed by atoms with van der Waals surface area (Å²) in [6, 6.07) is 17.6. The smallest absolute Gasteiger partial charge is 0.105 e. The highest BCUT2D eigenvalue weighted by Gasteiger charge is 2.06. The maximum absolute atomic E-state index is 4.36. The zero-order valence-electron chi connectivity index (χ0n) is 13.7. The molecule has 3 rings (SSSR count). The molecule has 1 aromatic heterocycles. The maximum atomic E-state index is 4.36. The summed E-state index contributed by atoms with van der Waals surface area (Å²) in [4.78, 5) is 4.36. The van der Waals surface area contributed by atoms with E-state index in [-0.39, 0.29) is 0 Å². The molecule has 3 aromatic rings. The van der Waals surface area contributed by atoms with Gasteiger partial charge in [0.25, 0.3) is 0 Å². The standard InChI is InChI=1S/C20H22N2/c1-14(2)16-5-7-17(8-6-16)18-9-11-19(12-10-18)20-13-21-15(3)22(20)4/h5-14H,1-4H3. The topological polar surface area (TPSA) is 17.8 Å². The van der Waals surface area contributed by atoms with Gasteiger partial charge in [0.2, 0.25) is 0 Å². The van der Waals surface area contributed by atoms with Crippen LogP contribution in [-0.2, 0) is 7.05 Å².